The van der Waals surface area contributed by atoms with Gasteiger partial charge in [-0.05, 0) is 68.4 Å². The maximum Gasteiger partial charge on any atom is 0.199 e. The molecule has 21 heavy (non-hydrogen) atoms. The van der Waals surface area contributed by atoms with E-state index in [-0.39, 0.29) is 0 Å². The van der Waals surface area contributed by atoms with Crippen LogP contribution >= 0.6 is 0 Å². The normalized spacial score (nSPS) is 37.3. The lowest BCUT2D eigenvalue weighted by molar-refractivity contribution is -0.0107. The molecule has 4 fully saturated rings. The van der Waals surface area contributed by atoms with E-state index in [4.69, 9.17) is 4.42 Å². The molecule has 4 aliphatic carbocycles. The smallest absolute Gasteiger partial charge is 0.199 e. The highest BCUT2D eigenvalue weighted by Gasteiger charge is 2.53. The van der Waals surface area contributed by atoms with E-state index in [1.165, 1.54) is 44.3 Å². The van der Waals surface area contributed by atoms with Crippen LogP contribution in [0.25, 0.3) is 11.6 Å². The van der Waals surface area contributed by atoms with Gasteiger partial charge < -0.3 is 8.98 Å². The number of furan rings is 1. The first-order valence-corrected chi connectivity index (χ1v) is 8.17. The van der Waals surface area contributed by atoms with Crippen molar-refractivity contribution in [1.82, 2.24) is 14.8 Å². The monoisotopic (exact) mass is 283 g/mol. The summed E-state index contributed by atoms with van der Waals surface area (Å²) in [5, 5.41) is 9.05. The van der Waals surface area contributed by atoms with Gasteiger partial charge in [0.2, 0.25) is 0 Å². The number of rotatable bonds is 2. The average Bonchev–Trinajstić information content (AvgIpc) is 3.05. The number of aromatic nitrogens is 3. The molecule has 0 aromatic carbocycles. The van der Waals surface area contributed by atoms with Gasteiger partial charge in [0.15, 0.2) is 11.6 Å². The molecule has 4 aliphatic rings. The van der Waals surface area contributed by atoms with Crippen LogP contribution in [0.3, 0.4) is 0 Å². The maximum absolute atomic E-state index is 5.51. The molecule has 0 atom stereocenters. The van der Waals surface area contributed by atoms with Crippen molar-refractivity contribution in [1.29, 1.82) is 0 Å². The highest BCUT2D eigenvalue weighted by Crippen LogP contribution is 2.60. The van der Waals surface area contributed by atoms with Crippen molar-refractivity contribution in [3.05, 3.63) is 24.2 Å². The third-order valence-corrected chi connectivity index (χ3v) is 6.13. The van der Waals surface area contributed by atoms with Gasteiger partial charge in [0.25, 0.3) is 0 Å². The molecule has 0 radical (unpaired) electrons. The molecule has 0 unspecified atom stereocenters. The summed E-state index contributed by atoms with van der Waals surface area (Å²) in [6.07, 6.45) is 10.1. The largest absolute Gasteiger partial charge is 0.461 e. The zero-order chi connectivity index (χ0) is 14.0. The van der Waals surface area contributed by atoms with Crippen molar-refractivity contribution in [2.75, 3.05) is 0 Å². The van der Waals surface area contributed by atoms with Gasteiger partial charge in [-0.1, -0.05) is 0 Å². The van der Waals surface area contributed by atoms with Crippen LogP contribution in [-0.2, 0) is 12.5 Å². The summed E-state index contributed by atoms with van der Waals surface area (Å²) < 4.78 is 7.70. The predicted molar refractivity (Wildman–Crippen MR) is 78.6 cm³/mol. The predicted octanol–water partition coefficient (Wildman–Crippen LogP) is 3.54. The Kier molecular flexibility index (Phi) is 2.28. The van der Waals surface area contributed by atoms with Crippen molar-refractivity contribution in [2.45, 2.75) is 43.9 Å². The Hall–Kier alpha value is -1.58. The molecule has 2 aromatic heterocycles. The number of hydrogen-bond acceptors (Lipinski definition) is 3. The van der Waals surface area contributed by atoms with Crippen molar-refractivity contribution < 1.29 is 4.42 Å². The Labute approximate surface area is 124 Å². The zero-order valence-electron chi connectivity index (χ0n) is 12.5. The van der Waals surface area contributed by atoms with Crippen molar-refractivity contribution >= 4 is 0 Å². The highest BCUT2D eigenvalue weighted by atomic mass is 16.3. The standard InChI is InChI=1S/C17H21N3O/c1-20-15(14-3-2-4-21-14)18-19-16(20)17-8-11-5-12(9-17)7-13(6-11)10-17/h2-4,11-13H,5-10H2,1H3. The first-order chi connectivity index (χ1) is 10.2. The minimum Gasteiger partial charge on any atom is -0.461 e. The summed E-state index contributed by atoms with van der Waals surface area (Å²) in [5.74, 6) is 5.68. The van der Waals surface area contributed by atoms with E-state index in [0.29, 0.717) is 5.41 Å². The molecule has 4 bridgehead atoms. The molecular weight excluding hydrogens is 262 g/mol. The fraction of sp³-hybridized carbons (Fsp3) is 0.647. The van der Waals surface area contributed by atoms with E-state index in [1.807, 2.05) is 12.1 Å². The summed E-state index contributed by atoms with van der Waals surface area (Å²) in [7, 11) is 2.10. The summed E-state index contributed by atoms with van der Waals surface area (Å²) in [6.45, 7) is 0. The third-order valence-electron chi connectivity index (χ3n) is 6.13. The van der Waals surface area contributed by atoms with Gasteiger partial charge in [-0.3, -0.25) is 0 Å². The van der Waals surface area contributed by atoms with E-state index < -0.39 is 0 Å². The van der Waals surface area contributed by atoms with Gasteiger partial charge in [0.05, 0.1) is 6.26 Å². The molecule has 4 saturated carbocycles. The lowest BCUT2D eigenvalue weighted by Crippen LogP contribution is -2.49. The Morgan fingerprint density at radius 2 is 1.76 bits per heavy atom. The molecule has 4 heteroatoms. The first kappa shape index (κ1) is 12.0. The van der Waals surface area contributed by atoms with Gasteiger partial charge in [-0.2, -0.15) is 0 Å². The molecule has 4 nitrogen and oxygen atoms in total. The zero-order valence-corrected chi connectivity index (χ0v) is 12.5. The Bertz CT molecular complexity index is 635. The Morgan fingerprint density at radius 1 is 1.10 bits per heavy atom. The van der Waals surface area contributed by atoms with E-state index in [2.05, 4.69) is 21.8 Å². The highest BCUT2D eigenvalue weighted by molar-refractivity contribution is 5.47. The number of hydrogen-bond donors (Lipinski definition) is 0. The van der Waals surface area contributed by atoms with Crippen LogP contribution in [0.2, 0.25) is 0 Å². The van der Waals surface area contributed by atoms with Crippen LogP contribution in [-0.4, -0.2) is 14.8 Å². The molecule has 0 saturated heterocycles. The van der Waals surface area contributed by atoms with Crippen LogP contribution in [0.15, 0.2) is 22.8 Å². The fourth-order valence-electron chi connectivity index (χ4n) is 5.80. The lowest BCUT2D eigenvalue weighted by atomic mass is 9.49. The summed E-state index contributed by atoms with van der Waals surface area (Å²) in [4.78, 5) is 0. The molecule has 2 heterocycles. The average molecular weight is 283 g/mol. The Morgan fingerprint density at radius 3 is 2.33 bits per heavy atom. The van der Waals surface area contributed by atoms with Crippen molar-refractivity contribution in [3.8, 4) is 11.6 Å². The minimum absolute atomic E-state index is 0.293. The Balaban J connectivity index is 1.59. The summed E-state index contributed by atoms with van der Waals surface area (Å²) in [5.41, 5.74) is 0.293. The SMILES string of the molecule is Cn1c(-c2ccco2)nnc1C12CC3CC(CC(C3)C1)C2. The fourth-order valence-corrected chi connectivity index (χ4v) is 5.80. The minimum atomic E-state index is 0.293. The first-order valence-electron chi connectivity index (χ1n) is 8.17. The van der Waals surface area contributed by atoms with Crippen LogP contribution in [0, 0.1) is 17.8 Å². The third kappa shape index (κ3) is 1.62. The quantitative estimate of drug-likeness (QED) is 0.846. The molecular formula is C17H21N3O. The van der Waals surface area contributed by atoms with Crippen LogP contribution in [0.1, 0.15) is 44.3 Å². The van der Waals surface area contributed by atoms with Gasteiger partial charge in [0.1, 0.15) is 5.82 Å². The lowest BCUT2D eigenvalue weighted by Gasteiger charge is -2.56. The molecule has 6 rings (SSSR count). The van der Waals surface area contributed by atoms with Gasteiger partial charge in [-0.15, -0.1) is 10.2 Å². The number of nitrogens with zero attached hydrogens (tertiary/aromatic N) is 3. The summed E-state index contributed by atoms with van der Waals surface area (Å²) >= 11 is 0. The molecule has 0 spiro atoms. The maximum atomic E-state index is 5.51. The second-order valence-corrected chi connectivity index (χ2v) is 7.58. The van der Waals surface area contributed by atoms with Crippen molar-refractivity contribution in [3.63, 3.8) is 0 Å². The van der Waals surface area contributed by atoms with E-state index in [1.54, 1.807) is 6.26 Å². The summed E-state index contributed by atoms with van der Waals surface area (Å²) in [6, 6.07) is 3.88. The van der Waals surface area contributed by atoms with Gasteiger partial charge in [0, 0.05) is 12.5 Å². The van der Waals surface area contributed by atoms with Crippen LogP contribution < -0.4 is 0 Å². The van der Waals surface area contributed by atoms with E-state index >= 15 is 0 Å². The van der Waals surface area contributed by atoms with E-state index in [0.717, 1.165) is 29.3 Å². The van der Waals surface area contributed by atoms with Crippen molar-refractivity contribution in [2.24, 2.45) is 24.8 Å². The van der Waals surface area contributed by atoms with Crippen LogP contribution in [0.4, 0.5) is 0 Å². The molecule has 110 valence electrons. The molecule has 2 aromatic rings. The second kappa shape index (κ2) is 3.99. The molecule has 0 aliphatic heterocycles. The molecule has 0 N–H and O–H groups in total. The van der Waals surface area contributed by atoms with Crippen LogP contribution in [0.5, 0.6) is 0 Å². The van der Waals surface area contributed by atoms with Gasteiger partial charge >= 0.3 is 0 Å². The molecule has 0 amide bonds. The second-order valence-electron chi connectivity index (χ2n) is 7.58. The topological polar surface area (TPSA) is 43.9 Å². The van der Waals surface area contributed by atoms with E-state index in [9.17, 15) is 0 Å². The van der Waals surface area contributed by atoms with Gasteiger partial charge in [-0.25, -0.2) is 0 Å².